The summed E-state index contributed by atoms with van der Waals surface area (Å²) in [7, 11) is 0. The van der Waals surface area contributed by atoms with Crippen molar-refractivity contribution in [3.63, 3.8) is 0 Å². The lowest BCUT2D eigenvalue weighted by atomic mass is 10.0. The van der Waals surface area contributed by atoms with E-state index >= 15 is 0 Å². The number of carbonyl (C=O) groups excluding carboxylic acids is 1. The van der Waals surface area contributed by atoms with E-state index < -0.39 is 0 Å². The molecule has 23 heavy (non-hydrogen) atoms. The molecule has 0 N–H and O–H groups in total. The third-order valence-corrected chi connectivity index (χ3v) is 4.36. The van der Waals surface area contributed by atoms with Gasteiger partial charge in [-0.05, 0) is 19.3 Å². The third-order valence-electron chi connectivity index (χ3n) is 4.36. The van der Waals surface area contributed by atoms with Gasteiger partial charge in [0.05, 0.1) is 6.61 Å². The van der Waals surface area contributed by atoms with E-state index in [-0.39, 0.29) is 5.97 Å². The highest BCUT2D eigenvalue weighted by Crippen LogP contribution is 2.13. The Bertz CT molecular complexity index is 238. The normalized spacial score (nSPS) is 10.9. The van der Waals surface area contributed by atoms with Gasteiger partial charge in [0.1, 0.15) is 0 Å². The first-order valence-electron chi connectivity index (χ1n) is 10.3. The molecule has 0 atom stereocenters. The maximum absolute atomic E-state index is 11.5. The number of unbranched alkanes of at least 4 members (excludes halogenated alkanes) is 14. The second kappa shape index (κ2) is 19.5. The summed E-state index contributed by atoms with van der Waals surface area (Å²) in [5.41, 5.74) is 0. The van der Waals surface area contributed by atoms with Gasteiger partial charge >= 0.3 is 5.97 Å². The van der Waals surface area contributed by atoms with Gasteiger partial charge < -0.3 is 4.74 Å². The van der Waals surface area contributed by atoms with Crippen molar-refractivity contribution in [2.45, 2.75) is 117 Å². The molecule has 0 saturated heterocycles. The Morgan fingerprint density at radius 1 is 0.739 bits per heavy atom. The van der Waals surface area contributed by atoms with Gasteiger partial charge in [0.15, 0.2) is 0 Å². The average Bonchev–Trinajstić information content (AvgIpc) is 2.56. The molecule has 0 bridgehead atoms. The van der Waals surface area contributed by atoms with Gasteiger partial charge in [-0.1, -0.05) is 97.3 Å². The van der Waals surface area contributed by atoms with Gasteiger partial charge in [0, 0.05) is 6.42 Å². The van der Waals surface area contributed by atoms with Crippen LogP contribution >= 0.6 is 0 Å². The predicted molar refractivity (Wildman–Crippen MR) is 100 cm³/mol. The molecule has 0 aliphatic heterocycles. The van der Waals surface area contributed by atoms with Gasteiger partial charge in [-0.3, -0.25) is 4.79 Å². The highest BCUT2D eigenvalue weighted by molar-refractivity contribution is 5.69. The Kier molecular flexibility index (Phi) is 19.1. The van der Waals surface area contributed by atoms with Crippen LogP contribution in [-0.4, -0.2) is 12.6 Å². The second-order valence-corrected chi connectivity index (χ2v) is 6.70. The van der Waals surface area contributed by atoms with Crippen LogP contribution in [0.5, 0.6) is 0 Å². The van der Waals surface area contributed by atoms with Crippen LogP contribution in [0.3, 0.4) is 0 Å². The minimum atomic E-state index is -0.0161. The molecule has 137 valence electrons. The molecular weight excluding hydrogens is 284 g/mol. The fourth-order valence-corrected chi connectivity index (χ4v) is 2.82. The maximum atomic E-state index is 11.5. The monoisotopic (exact) mass is 325 g/mol. The third kappa shape index (κ3) is 19.4. The molecule has 0 aromatic carbocycles. The number of ether oxygens (including phenoxy) is 1. The van der Waals surface area contributed by atoms with Crippen molar-refractivity contribution in [1.29, 1.82) is 0 Å². The van der Waals surface area contributed by atoms with Crippen LogP contribution < -0.4 is 0 Å². The standard InChI is InChI=1S/C21H41O2/c1-3-5-7-8-9-10-11-12-13-14-15-16-17-19-21(22)23-20-18-6-4-2/h6H,3-5,7-20H2,1-2H3. The van der Waals surface area contributed by atoms with E-state index in [0.29, 0.717) is 13.0 Å². The first kappa shape index (κ1) is 22.5. The molecule has 0 rings (SSSR count). The van der Waals surface area contributed by atoms with E-state index in [9.17, 15) is 4.79 Å². The van der Waals surface area contributed by atoms with Crippen LogP contribution in [0.4, 0.5) is 0 Å². The van der Waals surface area contributed by atoms with Crippen molar-refractivity contribution in [2.75, 3.05) is 6.61 Å². The molecule has 0 aliphatic carbocycles. The molecule has 0 aliphatic rings. The molecule has 0 aromatic rings. The molecule has 0 saturated carbocycles. The van der Waals surface area contributed by atoms with E-state index in [4.69, 9.17) is 4.74 Å². The Morgan fingerprint density at radius 2 is 1.22 bits per heavy atom. The molecular formula is C21H41O2. The van der Waals surface area contributed by atoms with Gasteiger partial charge in [0.25, 0.3) is 0 Å². The summed E-state index contributed by atoms with van der Waals surface area (Å²) in [5.74, 6) is -0.0161. The Morgan fingerprint density at radius 3 is 1.70 bits per heavy atom. The summed E-state index contributed by atoms with van der Waals surface area (Å²) >= 11 is 0. The summed E-state index contributed by atoms with van der Waals surface area (Å²) in [6.45, 7) is 4.94. The quantitative estimate of drug-likeness (QED) is 0.200. The highest BCUT2D eigenvalue weighted by Gasteiger charge is 2.02. The first-order valence-corrected chi connectivity index (χ1v) is 10.3. The topological polar surface area (TPSA) is 26.3 Å². The van der Waals surface area contributed by atoms with Crippen molar-refractivity contribution in [3.8, 4) is 0 Å². The van der Waals surface area contributed by atoms with Crippen molar-refractivity contribution in [1.82, 2.24) is 0 Å². The van der Waals surface area contributed by atoms with Crippen molar-refractivity contribution in [3.05, 3.63) is 6.42 Å². The Labute approximate surface area is 145 Å². The zero-order chi connectivity index (χ0) is 17.0. The lowest BCUT2D eigenvalue weighted by molar-refractivity contribution is -0.143. The van der Waals surface area contributed by atoms with E-state index in [1.165, 1.54) is 77.0 Å². The average molecular weight is 326 g/mol. The zero-order valence-electron chi connectivity index (χ0n) is 15.9. The molecule has 0 heterocycles. The number of hydrogen-bond acceptors (Lipinski definition) is 2. The lowest BCUT2D eigenvalue weighted by Gasteiger charge is -2.04. The van der Waals surface area contributed by atoms with Gasteiger partial charge in [-0.15, -0.1) is 0 Å². The summed E-state index contributed by atoms with van der Waals surface area (Å²) in [4.78, 5) is 11.5. The van der Waals surface area contributed by atoms with E-state index in [2.05, 4.69) is 20.3 Å². The van der Waals surface area contributed by atoms with Crippen LogP contribution in [-0.2, 0) is 9.53 Å². The molecule has 0 aromatic heterocycles. The molecule has 2 heteroatoms. The number of carbonyl (C=O) groups is 1. The molecule has 0 fully saturated rings. The SMILES string of the molecule is CC[CH]CCOC(=O)CCCCCCCCCCCCCCC. The smallest absolute Gasteiger partial charge is 0.305 e. The van der Waals surface area contributed by atoms with Crippen molar-refractivity contribution >= 4 is 5.97 Å². The largest absolute Gasteiger partial charge is 0.466 e. The summed E-state index contributed by atoms with van der Waals surface area (Å²) in [5, 5.41) is 0. The van der Waals surface area contributed by atoms with Crippen LogP contribution in [0, 0.1) is 6.42 Å². The van der Waals surface area contributed by atoms with E-state index in [1.54, 1.807) is 0 Å². The second-order valence-electron chi connectivity index (χ2n) is 6.70. The van der Waals surface area contributed by atoms with Gasteiger partial charge in [-0.25, -0.2) is 0 Å². The number of rotatable bonds is 18. The van der Waals surface area contributed by atoms with Crippen LogP contribution in [0.1, 0.15) is 117 Å². The minimum Gasteiger partial charge on any atom is -0.466 e. The zero-order valence-corrected chi connectivity index (χ0v) is 15.9. The molecule has 0 amide bonds. The van der Waals surface area contributed by atoms with Crippen LogP contribution in [0.25, 0.3) is 0 Å². The van der Waals surface area contributed by atoms with Gasteiger partial charge in [0.2, 0.25) is 0 Å². The predicted octanol–water partition coefficient (Wildman–Crippen LogP) is 7.02. The first-order chi connectivity index (χ1) is 11.3. The maximum Gasteiger partial charge on any atom is 0.305 e. The highest BCUT2D eigenvalue weighted by atomic mass is 16.5. The number of hydrogen-bond donors (Lipinski definition) is 0. The molecule has 0 spiro atoms. The number of esters is 1. The van der Waals surface area contributed by atoms with Crippen molar-refractivity contribution in [2.24, 2.45) is 0 Å². The summed E-state index contributed by atoms with van der Waals surface area (Å²) in [6.07, 6.45) is 22.1. The molecule has 1 radical (unpaired) electrons. The van der Waals surface area contributed by atoms with Crippen LogP contribution in [0.15, 0.2) is 0 Å². The fraction of sp³-hybridized carbons (Fsp3) is 0.905. The lowest BCUT2D eigenvalue weighted by Crippen LogP contribution is -2.05. The van der Waals surface area contributed by atoms with Crippen molar-refractivity contribution < 1.29 is 9.53 Å². The molecule has 2 nitrogen and oxygen atoms in total. The van der Waals surface area contributed by atoms with E-state index in [1.807, 2.05) is 0 Å². The van der Waals surface area contributed by atoms with Gasteiger partial charge in [-0.2, -0.15) is 0 Å². The Balaban J connectivity index is 3.08. The Hall–Kier alpha value is -0.530. The minimum absolute atomic E-state index is 0.0161. The summed E-state index contributed by atoms with van der Waals surface area (Å²) in [6, 6.07) is 0. The van der Waals surface area contributed by atoms with E-state index in [0.717, 1.165) is 19.3 Å². The van der Waals surface area contributed by atoms with Crippen LogP contribution in [0.2, 0.25) is 0 Å². The summed E-state index contributed by atoms with van der Waals surface area (Å²) < 4.78 is 5.18. The molecule has 0 unspecified atom stereocenters. The fourth-order valence-electron chi connectivity index (χ4n) is 2.82.